The molecule has 170 valence electrons. The summed E-state index contributed by atoms with van der Waals surface area (Å²) < 4.78 is 5.79. The van der Waals surface area contributed by atoms with E-state index in [0.29, 0.717) is 50.7 Å². The predicted molar refractivity (Wildman–Crippen MR) is 121 cm³/mol. The normalized spacial score (nSPS) is 17.2. The lowest BCUT2D eigenvalue weighted by Crippen LogP contribution is -2.51. The average molecular weight is 437 g/mol. The van der Waals surface area contributed by atoms with E-state index in [1.54, 1.807) is 35.6 Å². The Labute approximate surface area is 189 Å². The van der Waals surface area contributed by atoms with Crippen LogP contribution in [0, 0.1) is 5.92 Å². The van der Waals surface area contributed by atoms with Crippen LogP contribution in [-0.4, -0.2) is 64.4 Å². The molecule has 1 aliphatic carbocycles. The van der Waals surface area contributed by atoms with E-state index in [9.17, 15) is 9.59 Å². The minimum atomic E-state index is -0.0504. The van der Waals surface area contributed by atoms with Gasteiger partial charge in [0.25, 0.3) is 5.91 Å². The van der Waals surface area contributed by atoms with E-state index in [0.717, 1.165) is 17.9 Å². The summed E-state index contributed by atoms with van der Waals surface area (Å²) in [5.74, 6) is 1.37. The van der Waals surface area contributed by atoms with Crippen molar-refractivity contribution in [3.8, 4) is 5.88 Å². The lowest BCUT2D eigenvalue weighted by molar-refractivity contribution is -0.131. The van der Waals surface area contributed by atoms with Crippen LogP contribution in [-0.2, 0) is 11.2 Å². The number of piperazine rings is 1. The first-order valence-corrected chi connectivity index (χ1v) is 11.7. The molecule has 1 saturated carbocycles. The van der Waals surface area contributed by atoms with E-state index in [4.69, 9.17) is 4.74 Å². The third kappa shape index (κ3) is 6.05. The van der Waals surface area contributed by atoms with Gasteiger partial charge in [-0.2, -0.15) is 0 Å². The molecule has 0 unspecified atom stereocenters. The Morgan fingerprint density at radius 3 is 2.44 bits per heavy atom. The molecular weight excluding hydrogens is 404 g/mol. The van der Waals surface area contributed by atoms with Crippen LogP contribution in [0.25, 0.3) is 0 Å². The van der Waals surface area contributed by atoms with Crippen molar-refractivity contribution < 1.29 is 14.3 Å². The van der Waals surface area contributed by atoms with Crippen LogP contribution in [0.2, 0.25) is 0 Å². The fraction of sp³-hybridized carbons (Fsp3) is 0.520. The van der Waals surface area contributed by atoms with Crippen molar-refractivity contribution in [2.24, 2.45) is 5.92 Å². The number of nitrogens with zero attached hydrogens (tertiary/aromatic N) is 4. The van der Waals surface area contributed by atoms with Crippen molar-refractivity contribution in [2.45, 2.75) is 44.9 Å². The lowest BCUT2D eigenvalue weighted by atomic mass is 9.87. The van der Waals surface area contributed by atoms with Gasteiger partial charge >= 0.3 is 0 Å². The quantitative estimate of drug-likeness (QED) is 0.665. The molecule has 0 N–H and O–H groups in total. The van der Waals surface area contributed by atoms with Gasteiger partial charge in [0.15, 0.2) is 0 Å². The van der Waals surface area contributed by atoms with Crippen molar-refractivity contribution in [3.05, 3.63) is 54.0 Å². The summed E-state index contributed by atoms with van der Waals surface area (Å²) in [5, 5.41) is 0. The minimum absolute atomic E-state index is 0.0504. The van der Waals surface area contributed by atoms with Crippen LogP contribution >= 0.6 is 0 Å². The number of hydrogen-bond acceptors (Lipinski definition) is 5. The summed E-state index contributed by atoms with van der Waals surface area (Å²) in [4.78, 5) is 37.3. The Kier molecular flexibility index (Phi) is 7.69. The maximum absolute atomic E-state index is 12.8. The maximum atomic E-state index is 12.8. The molecule has 2 aromatic heterocycles. The zero-order chi connectivity index (χ0) is 22.2. The largest absolute Gasteiger partial charge is 0.478 e. The number of hydrogen-bond donors (Lipinski definition) is 0. The molecule has 1 saturated heterocycles. The summed E-state index contributed by atoms with van der Waals surface area (Å²) in [6, 6.07) is 7.30. The molecular formula is C25H32N4O3. The Bertz CT molecular complexity index is 874. The Morgan fingerprint density at radius 2 is 1.75 bits per heavy atom. The van der Waals surface area contributed by atoms with Gasteiger partial charge in [-0.15, -0.1) is 0 Å². The van der Waals surface area contributed by atoms with Gasteiger partial charge in [0, 0.05) is 50.8 Å². The molecule has 7 heteroatoms. The first-order chi connectivity index (χ1) is 15.7. The van der Waals surface area contributed by atoms with Crippen molar-refractivity contribution in [1.29, 1.82) is 0 Å². The second-order valence-electron chi connectivity index (χ2n) is 8.74. The number of rotatable bonds is 7. The number of carbonyl (C=O) groups is 2. The zero-order valence-electron chi connectivity index (χ0n) is 18.6. The summed E-state index contributed by atoms with van der Waals surface area (Å²) in [6.07, 6.45) is 13.1. The molecule has 3 heterocycles. The second kappa shape index (κ2) is 11.1. The first-order valence-electron chi connectivity index (χ1n) is 11.7. The predicted octanol–water partition coefficient (Wildman–Crippen LogP) is 3.35. The molecule has 0 aromatic carbocycles. The third-order valence-electron chi connectivity index (χ3n) is 6.48. The Hall–Kier alpha value is -2.96. The van der Waals surface area contributed by atoms with E-state index >= 15 is 0 Å². The number of pyridine rings is 2. The van der Waals surface area contributed by atoms with Crippen molar-refractivity contribution in [2.75, 3.05) is 32.8 Å². The van der Waals surface area contributed by atoms with Crippen LogP contribution in [0.1, 0.15) is 54.4 Å². The lowest BCUT2D eigenvalue weighted by Gasteiger charge is -2.34. The molecule has 0 atom stereocenters. The fourth-order valence-electron chi connectivity index (χ4n) is 4.53. The van der Waals surface area contributed by atoms with Crippen LogP contribution in [0.5, 0.6) is 5.88 Å². The topological polar surface area (TPSA) is 75.6 Å². The van der Waals surface area contributed by atoms with E-state index in [1.165, 1.54) is 32.1 Å². The van der Waals surface area contributed by atoms with Gasteiger partial charge in [-0.1, -0.05) is 38.2 Å². The Balaban J connectivity index is 1.21. The standard InChI is InChI=1S/C25H32N4O3/c30-24(17-21-7-4-11-26-18-21)28-12-14-29(15-13-28)25(31)22-8-9-23(27-19-22)32-16-10-20-5-2-1-3-6-20/h4,7-9,11,18-20H,1-3,5-6,10,12-17H2. The van der Waals surface area contributed by atoms with Crippen LogP contribution < -0.4 is 4.74 Å². The van der Waals surface area contributed by atoms with Gasteiger partial charge < -0.3 is 14.5 Å². The maximum Gasteiger partial charge on any atom is 0.255 e. The SMILES string of the molecule is O=C(Cc1cccnc1)N1CCN(C(=O)c2ccc(OCCC3CCCCC3)nc2)CC1. The molecule has 4 rings (SSSR count). The van der Waals surface area contributed by atoms with Crippen molar-refractivity contribution in [3.63, 3.8) is 0 Å². The Morgan fingerprint density at radius 1 is 0.969 bits per heavy atom. The van der Waals surface area contributed by atoms with E-state index < -0.39 is 0 Å². The molecule has 2 fully saturated rings. The van der Waals surface area contributed by atoms with Gasteiger partial charge in [0.05, 0.1) is 18.6 Å². The van der Waals surface area contributed by atoms with Gasteiger partial charge in [-0.05, 0) is 30.0 Å². The summed E-state index contributed by atoms with van der Waals surface area (Å²) in [5.41, 5.74) is 1.46. The minimum Gasteiger partial charge on any atom is -0.478 e. The van der Waals surface area contributed by atoms with E-state index in [1.807, 2.05) is 17.0 Å². The van der Waals surface area contributed by atoms with Gasteiger partial charge in [0.2, 0.25) is 11.8 Å². The van der Waals surface area contributed by atoms with Crippen molar-refractivity contribution >= 4 is 11.8 Å². The average Bonchev–Trinajstić information content (AvgIpc) is 2.85. The highest BCUT2D eigenvalue weighted by atomic mass is 16.5. The number of aromatic nitrogens is 2. The van der Waals surface area contributed by atoms with Crippen LogP contribution in [0.4, 0.5) is 0 Å². The molecule has 0 bridgehead atoms. The molecule has 2 aliphatic rings. The molecule has 0 spiro atoms. The zero-order valence-corrected chi connectivity index (χ0v) is 18.6. The van der Waals surface area contributed by atoms with Crippen molar-refractivity contribution in [1.82, 2.24) is 19.8 Å². The molecule has 7 nitrogen and oxygen atoms in total. The third-order valence-corrected chi connectivity index (χ3v) is 6.48. The van der Waals surface area contributed by atoms with Gasteiger partial charge in [-0.25, -0.2) is 4.98 Å². The van der Waals surface area contributed by atoms with E-state index in [-0.39, 0.29) is 11.8 Å². The second-order valence-corrected chi connectivity index (χ2v) is 8.74. The van der Waals surface area contributed by atoms with Gasteiger partial charge in [0.1, 0.15) is 0 Å². The smallest absolute Gasteiger partial charge is 0.255 e. The first kappa shape index (κ1) is 22.2. The fourth-order valence-corrected chi connectivity index (χ4v) is 4.53. The summed E-state index contributed by atoms with van der Waals surface area (Å²) in [6.45, 7) is 2.82. The van der Waals surface area contributed by atoms with Crippen LogP contribution in [0.15, 0.2) is 42.9 Å². The monoisotopic (exact) mass is 436 g/mol. The summed E-state index contributed by atoms with van der Waals surface area (Å²) in [7, 11) is 0. The number of carbonyl (C=O) groups excluding carboxylic acids is 2. The molecule has 0 radical (unpaired) electrons. The van der Waals surface area contributed by atoms with E-state index in [2.05, 4.69) is 9.97 Å². The number of ether oxygens (including phenoxy) is 1. The highest BCUT2D eigenvalue weighted by Crippen LogP contribution is 2.26. The molecule has 32 heavy (non-hydrogen) atoms. The highest BCUT2D eigenvalue weighted by molar-refractivity contribution is 5.94. The van der Waals surface area contributed by atoms with Crippen LogP contribution in [0.3, 0.4) is 0 Å². The number of amides is 2. The molecule has 2 aromatic rings. The summed E-state index contributed by atoms with van der Waals surface area (Å²) >= 11 is 0. The molecule has 1 aliphatic heterocycles. The molecule has 2 amide bonds. The highest BCUT2D eigenvalue weighted by Gasteiger charge is 2.25. The van der Waals surface area contributed by atoms with Gasteiger partial charge in [-0.3, -0.25) is 14.6 Å².